The van der Waals surface area contributed by atoms with Crippen LogP contribution >= 0.6 is 12.2 Å². The number of thiocarbonyl (C=S) groups is 1. The van der Waals surface area contributed by atoms with Gasteiger partial charge < -0.3 is 5.43 Å². The lowest BCUT2D eigenvalue weighted by atomic mass is 10.0. The van der Waals surface area contributed by atoms with E-state index < -0.39 is 0 Å². The lowest BCUT2D eigenvalue weighted by Crippen LogP contribution is -2.33. The molecule has 1 unspecified atom stereocenters. The molecule has 2 nitrogen and oxygen atoms in total. The molecule has 0 aromatic carbocycles. The zero-order valence-corrected chi connectivity index (χ0v) is 8.91. The SMILES string of the molecule is CCCCCCC(C)C(=S)NN. The van der Waals surface area contributed by atoms with Gasteiger partial charge in [0.1, 0.15) is 0 Å². The summed E-state index contributed by atoms with van der Waals surface area (Å²) in [5, 5.41) is 0. The first kappa shape index (κ1) is 11.8. The number of hydrogen-bond donors (Lipinski definition) is 2. The predicted octanol–water partition coefficient (Wildman–Crippen LogP) is 2.38. The van der Waals surface area contributed by atoms with Crippen LogP contribution in [0.2, 0.25) is 0 Å². The molecule has 12 heavy (non-hydrogen) atoms. The first-order chi connectivity index (χ1) is 5.72. The summed E-state index contributed by atoms with van der Waals surface area (Å²) >= 11 is 5.02. The van der Waals surface area contributed by atoms with Gasteiger partial charge in [-0.1, -0.05) is 51.7 Å². The van der Waals surface area contributed by atoms with Crippen LogP contribution < -0.4 is 11.3 Å². The molecule has 0 aromatic heterocycles. The van der Waals surface area contributed by atoms with E-state index >= 15 is 0 Å². The molecule has 0 fully saturated rings. The van der Waals surface area contributed by atoms with E-state index in [4.69, 9.17) is 18.1 Å². The quantitative estimate of drug-likeness (QED) is 0.291. The van der Waals surface area contributed by atoms with Crippen molar-refractivity contribution in [2.75, 3.05) is 0 Å². The fourth-order valence-corrected chi connectivity index (χ4v) is 1.27. The minimum absolute atomic E-state index is 0.432. The molecule has 0 spiro atoms. The van der Waals surface area contributed by atoms with Crippen LogP contribution in [0.25, 0.3) is 0 Å². The maximum atomic E-state index is 5.21. The monoisotopic (exact) mass is 188 g/mol. The smallest absolute Gasteiger partial charge is 0.0921 e. The lowest BCUT2D eigenvalue weighted by molar-refractivity contribution is 0.574. The van der Waals surface area contributed by atoms with Gasteiger partial charge in [-0.15, -0.1) is 0 Å². The van der Waals surface area contributed by atoms with Gasteiger partial charge in [0.25, 0.3) is 0 Å². The van der Waals surface area contributed by atoms with Crippen molar-refractivity contribution < 1.29 is 0 Å². The van der Waals surface area contributed by atoms with Gasteiger partial charge in [0.15, 0.2) is 0 Å². The van der Waals surface area contributed by atoms with Crippen molar-refractivity contribution in [3.05, 3.63) is 0 Å². The zero-order chi connectivity index (χ0) is 9.40. The Morgan fingerprint density at radius 3 is 2.58 bits per heavy atom. The second-order valence-electron chi connectivity index (χ2n) is 3.26. The van der Waals surface area contributed by atoms with Gasteiger partial charge in [0.2, 0.25) is 0 Å². The highest BCUT2D eigenvalue weighted by Crippen LogP contribution is 2.10. The summed E-state index contributed by atoms with van der Waals surface area (Å²) in [7, 11) is 0. The molecule has 0 aliphatic carbocycles. The molecule has 0 aromatic rings. The van der Waals surface area contributed by atoms with Crippen LogP contribution in [-0.2, 0) is 0 Å². The van der Waals surface area contributed by atoms with Crippen LogP contribution in [0.15, 0.2) is 0 Å². The molecular weight excluding hydrogens is 168 g/mol. The van der Waals surface area contributed by atoms with Crippen molar-refractivity contribution in [2.45, 2.75) is 46.0 Å². The number of rotatable bonds is 6. The van der Waals surface area contributed by atoms with E-state index in [0.29, 0.717) is 5.92 Å². The number of hydrazine groups is 1. The number of hydrogen-bond acceptors (Lipinski definition) is 2. The molecule has 0 aliphatic rings. The third-order valence-corrected chi connectivity index (χ3v) is 2.60. The Morgan fingerprint density at radius 1 is 1.42 bits per heavy atom. The normalized spacial score (nSPS) is 12.6. The maximum absolute atomic E-state index is 5.21. The summed E-state index contributed by atoms with van der Waals surface area (Å²) in [5.41, 5.74) is 2.54. The Bertz CT molecular complexity index is 126. The molecule has 72 valence electrons. The molecule has 3 heteroatoms. The predicted molar refractivity (Wildman–Crippen MR) is 57.8 cm³/mol. The third kappa shape index (κ3) is 5.49. The molecule has 0 heterocycles. The standard InChI is InChI=1S/C9H20N2S/c1-3-4-5-6-7-8(2)9(12)11-10/h8H,3-7,10H2,1-2H3,(H,11,12). The average molecular weight is 188 g/mol. The number of nitrogens with two attached hydrogens (primary N) is 1. The number of nitrogens with one attached hydrogen (secondary N) is 1. The molecule has 1 atom stereocenters. The molecule has 0 radical (unpaired) electrons. The molecule has 0 rings (SSSR count). The van der Waals surface area contributed by atoms with Gasteiger partial charge in [-0.2, -0.15) is 0 Å². The van der Waals surface area contributed by atoms with E-state index in [9.17, 15) is 0 Å². The second kappa shape index (κ2) is 7.50. The summed E-state index contributed by atoms with van der Waals surface area (Å²) in [4.78, 5) is 0.784. The summed E-state index contributed by atoms with van der Waals surface area (Å²) in [6.07, 6.45) is 6.34. The van der Waals surface area contributed by atoms with E-state index in [1.165, 1.54) is 25.7 Å². The van der Waals surface area contributed by atoms with Crippen LogP contribution in [0.5, 0.6) is 0 Å². The fourth-order valence-electron chi connectivity index (χ4n) is 1.15. The van der Waals surface area contributed by atoms with Crippen molar-refractivity contribution in [3.63, 3.8) is 0 Å². The molecule has 0 aliphatic heterocycles. The highest BCUT2D eigenvalue weighted by Gasteiger charge is 2.05. The Hall–Kier alpha value is -0.150. The molecular formula is C9H20N2S. The largest absolute Gasteiger partial charge is 0.318 e. The van der Waals surface area contributed by atoms with E-state index in [1.807, 2.05) is 0 Å². The Morgan fingerprint density at radius 2 is 2.08 bits per heavy atom. The van der Waals surface area contributed by atoms with E-state index in [0.717, 1.165) is 11.4 Å². The van der Waals surface area contributed by atoms with Crippen LogP contribution in [0.3, 0.4) is 0 Å². The highest BCUT2D eigenvalue weighted by atomic mass is 32.1. The van der Waals surface area contributed by atoms with E-state index in [1.54, 1.807) is 0 Å². The molecule has 0 bridgehead atoms. The zero-order valence-electron chi connectivity index (χ0n) is 8.10. The van der Waals surface area contributed by atoms with Crippen molar-refractivity contribution in [1.29, 1.82) is 0 Å². The van der Waals surface area contributed by atoms with Crippen molar-refractivity contribution in [3.8, 4) is 0 Å². The first-order valence-corrected chi connectivity index (χ1v) is 5.13. The lowest BCUT2D eigenvalue weighted by Gasteiger charge is -2.11. The van der Waals surface area contributed by atoms with Gasteiger partial charge in [-0.3, -0.25) is 5.84 Å². The maximum Gasteiger partial charge on any atom is 0.0921 e. The summed E-state index contributed by atoms with van der Waals surface area (Å²) in [5.74, 6) is 5.64. The topological polar surface area (TPSA) is 38.0 Å². The fraction of sp³-hybridized carbons (Fsp3) is 0.889. The van der Waals surface area contributed by atoms with Gasteiger partial charge in [0.05, 0.1) is 4.99 Å². The Labute approximate surface area is 80.9 Å². The van der Waals surface area contributed by atoms with Gasteiger partial charge in [-0.05, 0) is 6.42 Å². The Kier molecular flexibility index (Phi) is 7.40. The first-order valence-electron chi connectivity index (χ1n) is 4.72. The number of unbranched alkanes of at least 4 members (excludes halogenated alkanes) is 3. The highest BCUT2D eigenvalue weighted by molar-refractivity contribution is 7.80. The second-order valence-corrected chi connectivity index (χ2v) is 3.70. The van der Waals surface area contributed by atoms with Crippen molar-refractivity contribution in [2.24, 2.45) is 11.8 Å². The minimum atomic E-state index is 0.432. The third-order valence-electron chi connectivity index (χ3n) is 2.08. The van der Waals surface area contributed by atoms with Gasteiger partial charge in [-0.25, -0.2) is 0 Å². The summed E-state index contributed by atoms with van der Waals surface area (Å²) in [6.45, 7) is 4.34. The summed E-state index contributed by atoms with van der Waals surface area (Å²) in [6, 6.07) is 0. The van der Waals surface area contributed by atoms with Gasteiger partial charge in [0, 0.05) is 5.92 Å². The van der Waals surface area contributed by atoms with E-state index in [2.05, 4.69) is 19.3 Å². The van der Waals surface area contributed by atoms with Crippen molar-refractivity contribution in [1.82, 2.24) is 5.43 Å². The average Bonchev–Trinajstić information content (AvgIpc) is 2.10. The van der Waals surface area contributed by atoms with Crippen LogP contribution in [-0.4, -0.2) is 4.99 Å². The van der Waals surface area contributed by atoms with E-state index in [-0.39, 0.29) is 0 Å². The van der Waals surface area contributed by atoms with Crippen molar-refractivity contribution >= 4 is 17.2 Å². The van der Waals surface area contributed by atoms with Crippen LogP contribution in [0.1, 0.15) is 46.0 Å². The Balaban J connectivity index is 3.31. The molecule has 0 saturated heterocycles. The minimum Gasteiger partial charge on any atom is -0.318 e. The summed E-state index contributed by atoms with van der Waals surface area (Å²) < 4.78 is 0. The molecule has 0 amide bonds. The van der Waals surface area contributed by atoms with Crippen LogP contribution in [0.4, 0.5) is 0 Å². The van der Waals surface area contributed by atoms with Gasteiger partial charge >= 0.3 is 0 Å². The molecule has 0 saturated carbocycles. The molecule has 3 N–H and O–H groups in total. The van der Waals surface area contributed by atoms with Crippen LogP contribution in [0, 0.1) is 5.92 Å².